The number of pyridine rings is 1. The Bertz CT molecular complexity index is 847. The molecule has 26 heavy (non-hydrogen) atoms. The predicted molar refractivity (Wildman–Crippen MR) is 101 cm³/mol. The van der Waals surface area contributed by atoms with E-state index in [9.17, 15) is 4.79 Å². The van der Waals surface area contributed by atoms with E-state index in [1.807, 2.05) is 55.4 Å². The zero-order valence-corrected chi connectivity index (χ0v) is 14.7. The second kappa shape index (κ2) is 8.06. The second-order valence-electron chi connectivity index (χ2n) is 5.89. The van der Waals surface area contributed by atoms with Gasteiger partial charge in [0, 0.05) is 44.4 Å². The molecule has 0 saturated heterocycles. The summed E-state index contributed by atoms with van der Waals surface area (Å²) in [6, 6.07) is 11.6. The molecule has 0 aliphatic carbocycles. The Labute approximate surface area is 152 Å². The van der Waals surface area contributed by atoms with Crippen molar-refractivity contribution in [3.63, 3.8) is 0 Å². The van der Waals surface area contributed by atoms with Gasteiger partial charge in [-0.05, 0) is 42.0 Å². The van der Waals surface area contributed by atoms with Gasteiger partial charge in [-0.3, -0.25) is 9.78 Å². The normalized spacial score (nSPS) is 10.2. The minimum absolute atomic E-state index is 0.267. The van der Waals surface area contributed by atoms with Gasteiger partial charge in [-0.2, -0.15) is 0 Å². The number of hydrogen-bond acceptors (Lipinski definition) is 6. The zero-order chi connectivity index (χ0) is 18.4. The molecule has 0 atom stereocenters. The number of carbonyl (C=O) groups is 1. The lowest BCUT2D eigenvalue weighted by atomic mass is 10.2. The van der Waals surface area contributed by atoms with Gasteiger partial charge in [0.2, 0.25) is 0 Å². The van der Waals surface area contributed by atoms with Gasteiger partial charge in [-0.1, -0.05) is 0 Å². The summed E-state index contributed by atoms with van der Waals surface area (Å²) in [6.07, 6.45) is 6.37. The minimum atomic E-state index is -0.267. The fraction of sp³-hybridized carbons (Fsp3) is 0.158. The van der Waals surface area contributed by atoms with Crippen molar-refractivity contribution in [2.75, 3.05) is 24.3 Å². The van der Waals surface area contributed by atoms with E-state index < -0.39 is 0 Å². The van der Waals surface area contributed by atoms with Crippen molar-refractivity contribution < 1.29 is 4.79 Å². The third-order valence-electron chi connectivity index (χ3n) is 3.74. The third-order valence-corrected chi connectivity index (χ3v) is 3.74. The highest BCUT2D eigenvalue weighted by Gasteiger charge is 2.08. The van der Waals surface area contributed by atoms with Crippen LogP contribution in [-0.2, 0) is 6.54 Å². The number of benzene rings is 1. The van der Waals surface area contributed by atoms with E-state index >= 15 is 0 Å². The number of anilines is 3. The van der Waals surface area contributed by atoms with Gasteiger partial charge in [0.05, 0.1) is 12.4 Å². The van der Waals surface area contributed by atoms with Crippen LogP contribution in [0.3, 0.4) is 0 Å². The number of nitrogens with one attached hydrogen (secondary N) is 2. The molecule has 2 heterocycles. The van der Waals surface area contributed by atoms with E-state index in [1.165, 1.54) is 6.20 Å². The first kappa shape index (κ1) is 17.3. The van der Waals surface area contributed by atoms with Crippen molar-refractivity contribution in [1.82, 2.24) is 20.3 Å². The maximum Gasteiger partial charge on any atom is 0.271 e. The molecule has 2 N–H and O–H groups in total. The Kier molecular flexibility index (Phi) is 5.38. The van der Waals surface area contributed by atoms with Gasteiger partial charge in [0.15, 0.2) is 0 Å². The summed E-state index contributed by atoms with van der Waals surface area (Å²) >= 11 is 0. The highest BCUT2D eigenvalue weighted by atomic mass is 16.1. The van der Waals surface area contributed by atoms with E-state index in [1.54, 1.807) is 18.6 Å². The van der Waals surface area contributed by atoms with Crippen LogP contribution in [0.4, 0.5) is 17.2 Å². The molecule has 2 aromatic heterocycles. The lowest BCUT2D eigenvalue weighted by Gasteiger charge is -2.13. The Balaban J connectivity index is 1.58. The maximum absolute atomic E-state index is 12.1. The number of carbonyl (C=O) groups excluding carboxylic acids is 1. The van der Waals surface area contributed by atoms with Crippen LogP contribution in [-0.4, -0.2) is 35.0 Å². The first-order chi connectivity index (χ1) is 12.6. The molecule has 1 amide bonds. The van der Waals surface area contributed by atoms with Gasteiger partial charge in [0.1, 0.15) is 11.5 Å². The van der Waals surface area contributed by atoms with Crippen molar-refractivity contribution >= 4 is 23.1 Å². The molecule has 0 aliphatic rings. The Morgan fingerprint density at radius 3 is 2.35 bits per heavy atom. The van der Waals surface area contributed by atoms with Gasteiger partial charge >= 0.3 is 0 Å². The summed E-state index contributed by atoms with van der Waals surface area (Å²) in [5.74, 6) is 0.310. The molecule has 3 aromatic rings. The maximum atomic E-state index is 12.1. The van der Waals surface area contributed by atoms with Crippen molar-refractivity contribution in [3.8, 4) is 0 Å². The molecule has 7 nitrogen and oxygen atoms in total. The van der Waals surface area contributed by atoms with Crippen molar-refractivity contribution in [2.45, 2.75) is 6.54 Å². The van der Waals surface area contributed by atoms with Crippen LogP contribution in [0.15, 0.2) is 61.2 Å². The molecule has 0 radical (unpaired) electrons. The highest BCUT2D eigenvalue weighted by molar-refractivity contribution is 5.92. The zero-order valence-electron chi connectivity index (χ0n) is 14.7. The van der Waals surface area contributed by atoms with Crippen LogP contribution < -0.4 is 15.5 Å². The molecule has 7 heteroatoms. The van der Waals surface area contributed by atoms with E-state index in [-0.39, 0.29) is 11.6 Å². The average Bonchev–Trinajstić information content (AvgIpc) is 2.68. The van der Waals surface area contributed by atoms with E-state index in [0.29, 0.717) is 12.4 Å². The number of nitrogens with zero attached hydrogens (tertiary/aromatic N) is 4. The average molecular weight is 348 g/mol. The van der Waals surface area contributed by atoms with Crippen LogP contribution in [0.5, 0.6) is 0 Å². The SMILES string of the molecule is CN(C)c1ccc(Nc2cnc(C(=O)NCc3ccncc3)cn2)cc1. The highest BCUT2D eigenvalue weighted by Crippen LogP contribution is 2.18. The summed E-state index contributed by atoms with van der Waals surface area (Å²) in [5, 5.41) is 5.97. The standard InChI is InChI=1S/C19H20N6O/c1-25(2)16-5-3-15(4-6-16)24-18-13-21-17(12-22-18)19(26)23-11-14-7-9-20-10-8-14/h3-10,12-13H,11H2,1-2H3,(H,22,24)(H,23,26). The van der Waals surface area contributed by atoms with Gasteiger partial charge in [-0.25, -0.2) is 9.97 Å². The molecule has 0 unspecified atom stereocenters. The molecule has 0 spiro atoms. The Morgan fingerprint density at radius 1 is 1.00 bits per heavy atom. The summed E-state index contributed by atoms with van der Waals surface area (Å²) in [6.45, 7) is 0.418. The van der Waals surface area contributed by atoms with E-state index in [4.69, 9.17) is 0 Å². The van der Waals surface area contributed by atoms with E-state index in [0.717, 1.165) is 16.9 Å². The van der Waals surface area contributed by atoms with Crippen molar-refractivity contribution in [3.05, 3.63) is 72.4 Å². The fourth-order valence-electron chi connectivity index (χ4n) is 2.27. The third kappa shape index (κ3) is 4.54. The van der Waals surface area contributed by atoms with Gasteiger partial charge in [0.25, 0.3) is 5.91 Å². The quantitative estimate of drug-likeness (QED) is 0.712. The van der Waals surface area contributed by atoms with E-state index in [2.05, 4.69) is 25.6 Å². The number of aromatic nitrogens is 3. The minimum Gasteiger partial charge on any atom is -0.378 e. The van der Waals surface area contributed by atoms with Crippen molar-refractivity contribution in [2.24, 2.45) is 0 Å². The monoisotopic (exact) mass is 348 g/mol. The van der Waals surface area contributed by atoms with Crippen molar-refractivity contribution in [1.29, 1.82) is 0 Å². The molecule has 3 rings (SSSR count). The summed E-state index contributed by atoms with van der Waals surface area (Å²) in [5.41, 5.74) is 3.26. The summed E-state index contributed by atoms with van der Waals surface area (Å²) in [7, 11) is 3.98. The van der Waals surface area contributed by atoms with Gasteiger partial charge < -0.3 is 15.5 Å². The lowest BCUT2D eigenvalue weighted by molar-refractivity contribution is 0.0945. The second-order valence-corrected chi connectivity index (χ2v) is 5.89. The molecule has 0 saturated carbocycles. The van der Waals surface area contributed by atoms with Crippen LogP contribution >= 0.6 is 0 Å². The number of hydrogen-bond donors (Lipinski definition) is 2. The molecule has 0 bridgehead atoms. The molecule has 0 fully saturated rings. The Morgan fingerprint density at radius 2 is 1.73 bits per heavy atom. The van der Waals surface area contributed by atoms with Gasteiger partial charge in [-0.15, -0.1) is 0 Å². The summed E-state index contributed by atoms with van der Waals surface area (Å²) in [4.78, 5) is 26.5. The van der Waals surface area contributed by atoms with Crippen LogP contribution in [0.25, 0.3) is 0 Å². The molecular weight excluding hydrogens is 328 g/mol. The number of amides is 1. The fourth-order valence-corrected chi connectivity index (χ4v) is 2.27. The van der Waals surface area contributed by atoms with Crippen LogP contribution in [0, 0.1) is 0 Å². The van der Waals surface area contributed by atoms with Crippen LogP contribution in [0.1, 0.15) is 16.1 Å². The first-order valence-electron chi connectivity index (χ1n) is 8.15. The predicted octanol–water partition coefficient (Wildman–Crippen LogP) is 2.61. The first-order valence-corrected chi connectivity index (χ1v) is 8.15. The smallest absolute Gasteiger partial charge is 0.271 e. The lowest BCUT2D eigenvalue weighted by Crippen LogP contribution is -2.24. The topological polar surface area (TPSA) is 83.0 Å². The summed E-state index contributed by atoms with van der Waals surface area (Å²) < 4.78 is 0. The largest absolute Gasteiger partial charge is 0.378 e. The molecule has 0 aliphatic heterocycles. The van der Waals surface area contributed by atoms with Crippen LogP contribution in [0.2, 0.25) is 0 Å². The molecular formula is C19H20N6O. The molecule has 132 valence electrons. The Hall–Kier alpha value is -3.48. The number of rotatable bonds is 6. The molecule has 1 aromatic carbocycles.